The van der Waals surface area contributed by atoms with E-state index in [1.165, 1.54) is 23.6 Å². The summed E-state index contributed by atoms with van der Waals surface area (Å²) in [5, 5.41) is 12.4. The van der Waals surface area contributed by atoms with E-state index in [0.717, 1.165) is 18.2 Å². The molecule has 1 aromatic heterocycles. The van der Waals surface area contributed by atoms with Gasteiger partial charge >= 0.3 is 12.1 Å². The van der Waals surface area contributed by atoms with Crippen molar-refractivity contribution in [3.8, 4) is 11.5 Å². The highest BCUT2D eigenvalue weighted by molar-refractivity contribution is 5.96. The molecule has 1 aromatic carbocycles. The van der Waals surface area contributed by atoms with E-state index in [1.54, 1.807) is 0 Å². The van der Waals surface area contributed by atoms with Gasteiger partial charge in [-0.3, -0.25) is 14.9 Å². The van der Waals surface area contributed by atoms with Crippen LogP contribution in [0.5, 0.6) is 11.5 Å². The van der Waals surface area contributed by atoms with Crippen molar-refractivity contribution >= 4 is 23.1 Å². The van der Waals surface area contributed by atoms with Crippen molar-refractivity contribution in [2.75, 3.05) is 11.1 Å². The summed E-state index contributed by atoms with van der Waals surface area (Å²) in [6, 6.07) is 5.76. The Hall–Kier alpha value is -3.37. The number of anilines is 2. The first kappa shape index (κ1) is 17.0. The van der Waals surface area contributed by atoms with Crippen LogP contribution in [0, 0.1) is 10.1 Å². The third-order valence-corrected chi connectivity index (χ3v) is 2.66. The van der Waals surface area contributed by atoms with Crippen molar-refractivity contribution in [3.63, 3.8) is 0 Å². The molecule has 0 saturated heterocycles. The molecular weight excluding hydrogens is 333 g/mol. The van der Waals surface area contributed by atoms with Crippen LogP contribution in [-0.4, -0.2) is 22.0 Å². The van der Waals surface area contributed by atoms with Gasteiger partial charge in [0.2, 0.25) is 0 Å². The second-order valence-corrected chi connectivity index (χ2v) is 4.41. The molecule has 0 atom stereocenters. The maximum atomic E-state index is 12.2. The number of carbonyl (C=O) groups is 1. The van der Waals surface area contributed by atoms with Crippen LogP contribution in [0.25, 0.3) is 0 Å². The molecule has 0 spiro atoms. The fraction of sp³-hybridized carbons (Fsp3) is 0.0769. The van der Waals surface area contributed by atoms with Gasteiger partial charge in [-0.15, -0.1) is 0 Å². The highest BCUT2D eigenvalue weighted by Crippen LogP contribution is 2.32. The van der Waals surface area contributed by atoms with Crippen molar-refractivity contribution in [2.45, 2.75) is 6.18 Å². The van der Waals surface area contributed by atoms with Gasteiger partial charge in [-0.1, -0.05) is 0 Å². The monoisotopic (exact) mass is 342 g/mol. The van der Waals surface area contributed by atoms with Crippen LogP contribution in [0.1, 0.15) is 0 Å². The Kier molecular flexibility index (Phi) is 4.53. The Morgan fingerprint density at radius 1 is 1.25 bits per heavy atom. The number of halogens is 3. The van der Waals surface area contributed by atoms with Gasteiger partial charge < -0.3 is 15.8 Å². The van der Waals surface area contributed by atoms with E-state index in [1.807, 2.05) is 0 Å². The number of hydrogen-bond acceptors (Lipinski definition) is 6. The molecule has 0 fully saturated rings. The van der Waals surface area contributed by atoms with Crippen LogP contribution in [-0.2, 0) is 4.79 Å². The molecule has 0 radical (unpaired) electrons. The number of pyridine rings is 1. The number of nitrogens with one attached hydrogen (secondary N) is 1. The number of nitro benzene ring substituents is 1. The van der Waals surface area contributed by atoms with E-state index < -0.39 is 28.4 Å². The molecule has 0 aliphatic rings. The van der Waals surface area contributed by atoms with Gasteiger partial charge in [0.15, 0.2) is 0 Å². The second kappa shape index (κ2) is 6.40. The molecule has 3 N–H and O–H groups in total. The molecule has 126 valence electrons. The van der Waals surface area contributed by atoms with Crippen molar-refractivity contribution in [2.24, 2.45) is 0 Å². The summed E-state index contributed by atoms with van der Waals surface area (Å²) < 4.78 is 42.1. The number of aromatic nitrogens is 1. The average Bonchev–Trinajstić information content (AvgIpc) is 2.47. The summed E-state index contributed by atoms with van der Waals surface area (Å²) in [5.41, 5.74) is 4.09. The maximum Gasteiger partial charge on any atom is 0.471 e. The number of alkyl halides is 3. The molecule has 0 bridgehead atoms. The number of nitrogen functional groups attached to an aromatic ring is 1. The van der Waals surface area contributed by atoms with E-state index in [4.69, 9.17) is 10.5 Å². The maximum absolute atomic E-state index is 12.2. The third kappa shape index (κ3) is 4.09. The van der Waals surface area contributed by atoms with Crippen LogP contribution in [0.2, 0.25) is 0 Å². The largest absolute Gasteiger partial charge is 0.471 e. The Morgan fingerprint density at radius 2 is 1.92 bits per heavy atom. The first-order chi connectivity index (χ1) is 11.2. The highest BCUT2D eigenvalue weighted by Gasteiger charge is 2.39. The minimum Gasteiger partial charge on any atom is -0.457 e. The SMILES string of the molecule is Nc1cc(Oc2ccc(NC(=O)C(F)(F)F)c([N+](=O)[O-])c2)ccn1. The lowest BCUT2D eigenvalue weighted by atomic mass is 10.2. The van der Waals surface area contributed by atoms with E-state index in [0.29, 0.717) is 0 Å². The Balaban J connectivity index is 2.29. The van der Waals surface area contributed by atoms with Crippen molar-refractivity contribution in [3.05, 3.63) is 46.6 Å². The van der Waals surface area contributed by atoms with Crippen molar-refractivity contribution in [1.82, 2.24) is 4.98 Å². The lowest BCUT2D eigenvalue weighted by Crippen LogP contribution is -2.30. The number of rotatable bonds is 4. The van der Waals surface area contributed by atoms with E-state index >= 15 is 0 Å². The molecule has 24 heavy (non-hydrogen) atoms. The number of benzene rings is 1. The van der Waals surface area contributed by atoms with Crippen molar-refractivity contribution in [1.29, 1.82) is 0 Å². The number of nitrogens with two attached hydrogens (primary N) is 1. The molecule has 1 amide bonds. The minimum atomic E-state index is -5.17. The predicted molar refractivity (Wildman–Crippen MR) is 76.5 cm³/mol. The topological polar surface area (TPSA) is 120 Å². The first-order valence-electron chi connectivity index (χ1n) is 6.23. The summed E-state index contributed by atoms with van der Waals surface area (Å²) in [4.78, 5) is 24.7. The number of amides is 1. The fourth-order valence-corrected chi connectivity index (χ4v) is 1.65. The molecular formula is C13H9F3N4O4. The third-order valence-electron chi connectivity index (χ3n) is 2.66. The van der Waals surface area contributed by atoms with Gasteiger partial charge in [-0.05, 0) is 18.2 Å². The molecule has 11 heteroatoms. The summed E-state index contributed by atoms with van der Waals surface area (Å²) >= 11 is 0. The zero-order chi connectivity index (χ0) is 17.9. The number of carbonyl (C=O) groups excluding carboxylic acids is 1. The zero-order valence-corrected chi connectivity index (χ0v) is 11.7. The van der Waals surface area contributed by atoms with Gasteiger partial charge in [0, 0.05) is 12.3 Å². The normalized spacial score (nSPS) is 11.0. The van der Waals surface area contributed by atoms with Gasteiger partial charge in [0.05, 0.1) is 11.0 Å². The van der Waals surface area contributed by atoms with Crippen LogP contribution in [0.15, 0.2) is 36.5 Å². The smallest absolute Gasteiger partial charge is 0.457 e. The summed E-state index contributed by atoms with van der Waals surface area (Å²) in [7, 11) is 0. The number of hydrogen-bond donors (Lipinski definition) is 2. The Morgan fingerprint density at radius 3 is 2.50 bits per heavy atom. The van der Waals surface area contributed by atoms with Gasteiger partial charge in [-0.2, -0.15) is 13.2 Å². The lowest BCUT2D eigenvalue weighted by molar-refractivity contribution is -0.384. The van der Waals surface area contributed by atoms with E-state index in [9.17, 15) is 28.1 Å². The van der Waals surface area contributed by atoms with Crippen LogP contribution < -0.4 is 15.8 Å². The van der Waals surface area contributed by atoms with Gasteiger partial charge in [0.25, 0.3) is 5.69 Å². The Labute approximate surface area is 132 Å². The molecule has 2 aromatic rings. The molecule has 0 aliphatic heterocycles. The fourth-order valence-electron chi connectivity index (χ4n) is 1.65. The average molecular weight is 342 g/mol. The second-order valence-electron chi connectivity index (χ2n) is 4.41. The van der Waals surface area contributed by atoms with E-state index in [-0.39, 0.29) is 17.3 Å². The number of nitro groups is 1. The minimum absolute atomic E-state index is 0.0303. The molecule has 0 saturated carbocycles. The summed E-state index contributed by atoms with van der Waals surface area (Å²) in [5.74, 6) is -1.97. The zero-order valence-electron chi connectivity index (χ0n) is 11.7. The molecule has 2 rings (SSSR count). The summed E-state index contributed by atoms with van der Waals surface area (Å²) in [6.45, 7) is 0. The van der Waals surface area contributed by atoms with E-state index in [2.05, 4.69) is 4.98 Å². The standard InChI is InChI=1S/C13H9F3N4O4/c14-13(15,16)12(21)19-9-2-1-7(5-10(9)20(22)23)24-8-3-4-18-11(17)6-8/h1-6H,(H2,17,18)(H,19,21). The molecule has 0 aliphatic carbocycles. The molecule has 8 nitrogen and oxygen atoms in total. The lowest BCUT2D eigenvalue weighted by Gasteiger charge is -2.10. The van der Waals surface area contributed by atoms with Gasteiger partial charge in [0.1, 0.15) is 23.0 Å². The first-order valence-corrected chi connectivity index (χ1v) is 6.23. The quantitative estimate of drug-likeness (QED) is 0.651. The summed E-state index contributed by atoms with van der Waals surface area (Å²) in [6.07, 6.45) is -3.82. The van der Waals surface area contributed by atoms with Crippen molar-refractivity contribution < 1.29 is 27.6 Å². The molecule has 1 heterocycles. The van der Waals surface area contributed by atoms with Crippen LogP contribution in [0.3, 0.4) is 0 Å². The van der Waals surface area contributed by atoms with Gasteiger partial charge in [-0.25, -0.2) is 4.98 Å². The number of nitrogens with zero attached hydrogens (tertiary/aromatic N) is 2. The number of ether oxygens (including phenoxy) is 1. The predicted octanol–water partition coefficient (Wildman–Crippen LogP) is 2.87. The Bertz CT molecular complexity index is 795. The van der Waals surface area contributed by atoms with Crippen LogP contribution in [0.4, 0.5) is 30.4 Å². The van der Waals surface area contributed by atoms with Crippen LogP contribution >= 0.6 is 0 Å². The highest BCUT2D eigenvalue weighted by atomic mass is 19.4. The molecule has 0 unspecified atom stereocenters.